The molecule has 5 rings (SSSR count). The number of aromatic amines is 1. The molecule has 32 heavy (non-hydrogen) atoms. The predicted octanol–water partition coefficient (Wildman–Crippen LogP) is 6.39. The normalized spacial score (nSPS) is 12.0. The highest BCUT2D eigenvalue weighted by atomic mass is 32.1. The first-order valence-electron chi connectivity index (χ1n) is 10.8. The lowest BCUT2D eigenvalue weighted by Gasteiger charge is -2.16. The van der Waals surface area contributed by atoms with Crippen molar-refractivity contribution in [3.8, 4) is 11.1 Å². The number of aromatic nitrogens is 1. The van der Waals surface area contributed by atoms with E-state index in [0.717, 1.165) is 16.6 Å². The fourth-order valence-corrected chi connectivity index (χ4v) is 4.99. The Balaban J connectivity index is 1.28. The number of hydrogen-bond acceptors (Lipinski definition) is 2. The number of H-pyrrole nitrogens is 1. The lowest BCUT2D eigenvalue weighted by molar-refractivity contribution is -0.120. The Morgan fingerprint density at radius 1 is 0.844 bits per heavy atom. The molecule has 2 N–H and O–H groups in total. The highest BCUT2D eigenvalue weighted by Crippen LogP contribution is 2.32. The molecule has 0 fully saturated rings. The Bertz CT molecular complexity index is 1300. The van der Waals surface area contributed by atoms with Crippen LogP contribution >= 0.6 is 11.3 Å². The highest BCUT2D eigenvalue weighted by molar-refractivity contribution is 7.10. The van der Waals surface area contributed by atoms with E-state index in [9.17, 15) is 4.79 Å². The molecule has 0 radical (unpaired) electrons. The molecule has 4 heteroatoms. The van der Waals surface area contributed by atoms with Crippen LogP contribution in [0.2, 0.25) is 0 Å². The van der Waals surface area contributed by atoms with Gasteiger partial charge < -0.3 is 10.3 Å². The monoisotopic (exact) mass is 436 g/mol. The van der Waals surface area contributed by atoms with Gasteiger partial charge in [-0.15, -0.1) is 11.3 Å². The van der Waals surface area contributed by atoms with E-state index in [-0.39, 0.29) is 11.8 Å². The van der Waals surface area contributed by atoms with E-state index >= 15 is 0 Å². The Labute approximate surface area is 191 Å². The van der Waals surface area contributed by atoms with E-state index in [1.807, 2.05) is 36.4 Å². The van der Waals surface area contributed by atoms with Crippen molar-refractivity contribution in [2.45, 2.75) is 12.3 Å². The van der Waals surface area contributed by atoms with Gasteiger partial charge in [-0.1, -0.05) is 78.9 Å². The van der Waals surface area contributed by atoms with E-state index in [1.54, 1.807) is 11.3 Å². The minimum absolute atomic E-state index is 0.0406. The summed E-state index contributed by atoms with van der Waals surface area (Å²) >= 11 is 1.73. The van der Waals surface area contributed by atoms with Crippen LogP contribution in [-0.4, -0.2) is 17.4 Å². The van der Waals surface area contributed by atoms with Crippen molar-refractivity contribution in [2.75, 3.05) is 6.54 Å². The number of hydrogen-bond donors (Lipinski definition) is 2. The van der Waals surface area contributed by atoms with Crippen LogP contribution in [0.3, 0.4) is 0 Å². The van der Waals surface area contributed by atoms with Gasteiger partial charge in [-0.3, -0.25) is 4.79 Å². The number of benzene rings is 3. The number of nitrogens with one attached hydrogen (secondary N) is 2. The van der Waals surface area contributed by atoms with E-state index < -0.39 is 0 Å². The van der Waals surface area contributed by atoms with Gasteiger partial charge in [0.25, 0.3) is 0 Å². The molecule has 0 unspecified atom stereocenters. The summed E-state index contributed by atoms with van der Waals surface area (Å²) in [6.45, 7) is 0.573. The van der Waals surface area contributed by atoms with Gasteiger partial charge in [0.05, 0.1) is 6.42 Å². The van der Waals surface area contributed by atoms with Crippen LogP contribution in [0.5, 0.6) is 0 Å². The second-order valence-corrected chi connectivity index (χ2v) is 8.88. The number of thiophene rings is 1. The molecule has 0 aliphatic rings. The summed E-state index contributed by atoms with van der Waals surface area (Å²) in [5.41, 5.74) is 5.69. The quantitative estimate of drug-likeness (QED) is 0.305. The molecular formula is C28H24N2OS. The maximum Gasteiger partial charge on any atom is 0.224 e. The van der Waals surface area contributed by atoms with Gasteiger partial charge in [-0.2, -0.15) is 0 Å². The van der Waals surface area contributed by atoms with Crippen LogP contribution in [0.4, 0.5) is 0 Å². The maximum absolute atomic E-state index is 12.8. The molecule has 158 valence electrons. The lowest BCUT2D eigenvalue weighted by atomic mass is 9.96. The average Bonchev–Trinajstić information content (AvgIpc) is 3.52. The predicted molar refractivity (Wildman–Crippen MR) is 133 cm³/mol. The number of amides is 1. The minimum atomic E-state index is 0.0406. The largest absolute Gasteiger partial charge is 0.361 e. The molecule has 3 nitrogen and oxygen atoms in total. The van der Waals surface area contributed by atoms with Crippen LogP contribution in [0, 0.1) is 0 Å². The zero-order valence-electron chi connectivity index (χ0n) is 17.6. The second kappa shape index (κ2) is 9.25. The molecule has 0 bridgehead atoms. The van der Waals surface area contributed by atoms with Gasteiger partial charge in [0.1, 0.15) is 0 Å². The topological polar surface area (TPSA) is 44.9 Å². The molecule has 0 saturated carbocycles. The third kappa shape index (κ3) is 4.36. The van der Waals surface area contributed by atoms with Crippen molar-refractivity contribution in [3.05, 3.63) is 119 Å². The van der Waals surface area contributed by atoms with Gasteiger partial charge in [0.15, 0.2) is 0 Å². The van der Waals surface area contributed by atoms with Crippen LogP contribution in [-0.2, 0) is 11.2 Å². The van der Waals surface area contributed by atoms with E-state index in [4.69, 9.17) is 0 Å². The summed E-state index contributed by atoms with van der Waals surface area (Å²) in [5.74, 6) is 0.161. The van der Waals surface area contributed by atoms with Crippen LogP contribution in [0.15, 0.2) is 103 Å². The molecule has 0 saturated heterocycles. The Morgan fingerprint density at radius 2 is 1.59 bits per heavy atom. The summed E-state index contributed by atoms with van der Waals surface area (Å²) < 4.78 is 0. The fourth-order valence-electron chi connectivity index (χ4n) is 4.15. The van der Waals surface area contributed by atoms with Crippen LogP contribution in [0.1, 0.15) is 21.9 Å². The first-order valence-corrected chi connectivity index (χ1v) is 11.7. The van der Waals surface area contributed by atoms with Crippen molar-refractivity contribution < 1.29 is 4.79 Å². The van der Waals surface area contributed by atoms with Gasteiger partial charge >= 0.3 is 0 Å². The molecule has 1 atom stereocenters. The summed E-state index contributed by atoms with van der Waals surface area (Å²) in [4.78, 5) is 17.4. The maximum atomic E-state index is 12.8. The number of fused-ring (bicyclic) bond motifs is 1. The summed E-state index contributed by atoms with van der Waals surface area (Å²) in [5, 5.41) is 6.47. The molecule has 3 aromatic carbocycles. The molecule has 5 aromatic rings. The molecule has 2 heterocycles. The number of rotatable bonds is 7. The Morgan fingerprint density at radius 3 is 2.38 bits per heavy atom. The summed E-state index contributed by atoms with van der Waals surface area (Å²) in [6.07, 6.45) is 2.45. The highest BCUT2D eigenvalue weighted by Gasteiger charge is 2.20. The zero-order valence-corrected chi connectivity index (χ0v) is 18.4. The van der Waals surface area contributed by atoms with E-state index in [0.29, 0.717) is 13.0 Å². The molecule has 0 aliphatic carbocycles. The van der Waals surface area contributed by atoms with Crippen molar-refractivity contribution in [1.82, 2.24) is 10.3 Å². The molecule has 0 aliphatic heterocycles. The number of carbonyl (C=O) groups is 1. The van der Waals surface area contributed by atoms with Gasteiger partial charge in [0, 0.05) is 34.4 Å². The molecule has 0 spiro atoms. The van der Waals surface area contributed by atoms with Crippen molar-refractivity contribution in [3.63, 3.8) is 0 Å². The summed E-state index contributed by atoms with van der Waals surface area (Å²) in [7, 11) is 0. The van der Waals surface area contributed by atoms with Gasteiger partial charge in [-0.25, -0.2) is 0 Å². The van der Waals surface area contributed by atoms with Gasteiger partial charge in [0.2, 0.25) is 5.91 Å². The Kier molecular flexibility index (Phi) is 5.86. The van der Waals surface area contributed by atoms with E-state index in [2.05, 4.69) is 76.5 Å². The smallest absolute Gasteiger partial charge is 0.224 e. The fraction of sp³-hybridized carbons (Fsp3) is 0.107. The third-order valence-corrected chi connectivity index (χ3v) is 6.80. The number of carbonyl (C=O) groups excluding carboxylic acids is 1. The second-order valence-electron chi connectivity index (χ2n) is 7.90. The number of para-hydroxylation sites is 1. The van der Waals surface area contributed by atoms with Crippen LogP contribution in [0.25, 0.3) is 22.0 Å². The third-order valence-electron chi connectivity index (χ3n) is 5.81. The van der Waals surface area contributed by atoms with Gasteiger partial charge in [-0.05, 0) is 39.8 Å². The minimum Gasteiger partial charge on any atom is -0.361 e. The first kappa shape index (κ1) is 20.3. The average molecular weight is 437 g/mol. The van der Waals surface area contributed by atoms with Crippen molar-refractivity contribution >= 4 is 28.1 Å². The van der Waals surface area contributed by atoms with Crippen molar-refractivity contribution in [1.29, 1.82) is 0 Å². The molecule has 2 aromatic heterocycles. The lowest BCUT2D eigenvalue weighted by Crippen LogP contribution is -2.29. The van der Waals surface area contributed by atoms with Crippen molar-refractivity contribution in [2.24, 2.45) is 0 Å². The SMILES string of the molecule is O=C(Cc1ccc(-c2ccccc2)cc1)NC[C@H](c1cccs1)c1c[nH]c2ccccc12. The molecular weight excluding hydrogens is 412 g/mol. The first-order chi connectivity index (χ1) is 15.8. The Hall–Kier alpha value is -3.63. The molecule has 1 amide bonds. The summed E-state index contributed by atoms with van der Waals surface area (Å²) in [6, 6.07) is 31.0. The standard InChI is InChI=1S/C28H24N2OS/c31-28(17-20-12-14-22(15-13-20)21-7-2-1-3-8-21)30-19-25(27-11-6-16-32-27)24-18-29-26-10-5-4-9-23(24)26/h1-16,18,25,29H,17,19H2,(H,30,31)/t25-/m0/s1. The zero-order chi connectivity index (χ0) is 21.8. The van der Waals surface area contributed by atoms with Crippen LogP contribution < -0.4 is 5.32 Å². The van der Waals surface area contributed by atoms with E-state index in [1.165, 1.54) is 21.4 Å².